The summed E-state index contributed by atoms with van der Waals surface area (Å²) in [7, 11) is -1.80. The first kappa shape index (κ1) is 32.6. The van der Waals surface area contributed by atoms with E-state index in [2.05, 4.69) is 79.9 Å². The van der Waals surface area contributed by atoms with E-state index in [1.165, 1.54) is 35.2 Å². The van der Waals surface area contributed by atoms with Crippen molar-refractivity contribution in [3.8, 4) is 0 Å². The largest absolute Gasteiger partial charge is 0.481 e. The highest BCUT2D eigenvalue weighted by atomic mass is 31.2. The van der Waals surface area contributed by atoms with Crippen molar-refractivity contribution in [3.05, 3.63) is 97.4 Å². The number of unbranched alkanes of at least 4 members (excludes halogenated alkanes) is 6. The van der Waals surface area contributed by atoms with Crippen LogP contribution in [0.25, 0.3) is 0 Å². The van der Waals surface area contributed by atoms with Gasteiger partial charge in [-0.2, -0.15) is 0 Å². The Kier molecular flexibility index (Phi) is 19.4. The number of benzene rings is 2. The summed E-state index contributed by atoms with van der Waals surface area (Å²) in [5.74, 6) is -0.687. The van der Waals surface area contributed by atoms with Crippen molar-refractivity contribution in [2.24, 2.45) is 0 Å². The first-order chi connectivity index (χ1) is 17.1. The standard InChI is InChI=1S/C28H35O2P.2C2H6/c1-3-18-25(4-2)31(26-19-12-10-13-20-26,27-21-14-11-15-22-27)24-17-9-7-5-6-8-16-23-28(29)30;2*1-2/h3-4,10-15,18-22H,1-2,5-9,16-17,23-24H2;2*1-2H3/p+1/b25-18+;;. The third kappa shape index (κ3) is 11.2. The molecule has 0 aliphatic carbocycles. The molecular weight excluding hydrogens is 447 g/mol. The molecular formula is C32H48O2P+. The van der Waals surface area contributed by atoms with E-state index in [9.17, 15) is 4.79 Å². The van der Waals surface area contributed by atoms with Crippen molar-refractivity contribution in [1.29, 1.82) is 0 Å². The molecule has 0 aromatic heterocycles. The predicted octanol–water partition coefficient (Wildman–Crippen LogP) is 9.17. The van der Waals surface area contributed by atoms with E-state index in [1.807, 2.05) is 39.8 Å². The van der Waals surface area contributed by atoms with Gasteiger partial charge in [0.2, 0.25) is 0 Å². The quantitative estimate of drug-likeness (QED) is 0.152. The van der Waals surface area contributed by atoms with Crippen molar-refractivity contribution >= 4 is 23.8 Å². The Hall–Kier alpha value is -2.44. The van der Waals surface area contributed by atoms with Gasteiger partial charge in [-0.25, -0.2) is 0 Å². The van der Waals surface area contributed by atoms with Gasteiger partial charge in [-0.1, -0.05) is 109 Å². The lowest BCUT2D eigenvalue weighted by atomic mass is 10.1. The summed E-state index contributed by atoms with van der Waals surface area (Å²) in [5.41, 5.74) is 0. The fourth-order valence-electron chi connectivity index (χ4n) is 4.18. The van der Waals surface area contributed by atoms with Crippen LogP contribution < -0.4 is 10.6 Å². The summed E-state index contributed by atoms with van der Waals surface area (Å²) in [4.78, 5) is 10.6. The average molecular weight is 496 g/mol. The lowest BCUT2D eigenvalue weighted by Gasteiger charge is -2.28. The Labute approximate surface area is 216 Å². The van der Waals surface area contributed by atoms with Crippen molar-refractivity contribution in [2.45, 2.75) is 79.1 Å². The van der Waals surface area contributed by atoms with Gasteiger partial charge in [-0.15, -0.1) is 0 Å². The maximum atomic E-state index is 10.6. The Morgan fingerprint density at radius 3 is 1.57 bits per heavy atom. The highest BCUT2D eigenvalue weighted by molar-refractivity contribution is 7.93. The minimum absolute atomic E-state index is 0.293. The summed E-state index contributed by atoms with van der Waals surface area (Å²) in [5, 5.41) is 12.8. The molecule has 2 aromatic carbocycles. The van der Waals surface area contributed by atoms with Crippen LogP contribution in [0.15, 0.2) is 97.4 Å². The maximum Gasteiger partial charge on any atom is 0.303 e. The molecule has 1 N–H and O–H groups in total. The first-order valence-corrected chi connectivity index (χ1v) is 15.3. The molecule has 192 valence electrons. The number of carboxylic acids is 1. The Bertz CT molecular complexity index is 801. The third-order valence-electron chi connectivity index (χ3n) is 5.72. The van der Waals surface area contributed by atoms with Crippen LogP contribution in [0.2, 0.25) is 0 Å². The van der Waals surface area contributed by atoms with Crippen LogP contribution in [0, 0.1) is 0 Å². The molecule has 35 heavy (non-hydrogen) atoms. The van der Waals surface area contributed by atoms with Gasteiger partial charge >= 0.3 is 5.97 Å². The molecule has 0 amide bonds. The molecule has 0 radical (unpaired) electrons. The minimum Gasteiger partial charge on any atom is -0.481 e. The maximum absolute atomic E-state index is 10.6. The summed E-state index contributed by atoms with van der Waals surface area (Å²) in [6.45, 7) is 16.1. The molecule has 0 heterocycles. The minimum atomic E-state index is -1.80. The normalized spacial score (nSPS) is 10.8. The Morgan fingerprint density at radius 2 is 1.17 bits per heavy atom. The zero-order valence-electron chi connectivity index (χ0n) is 22.6. The molecule has 0 aliphatic heterocycles. The summed E-state index contributed by atoms with van der Waals surface area (Å²) < 4.78 is 0. The van der Waals surface area contributed by atoms with Gasteiger partial charge in [0.05, 0.1) is 6.16 Å². The van der Waals surface area contributed by atoms with Crippen LogP contribution in [0.4, 0.5) is 0 Å². The number of carbonyl (C=O) groups is 1. The number of hydrogen-bond donors (Lipinski definition) is 1. The van der Waals surface area contributed by atoms with Crippen LogP contribution in [-0.2, 0) is 4.79 Å². The van der Waals surface area contributed by atoms with Crippen LogP contribution in [0.1, 0.15) is 79.1 Å². The fourth-order valence-corrected chi connectivity index (χ4v) is 8.58. The molecule has 2 aromatic rings. The van der Waals surface area contributed by atoms with Gasteiger partial charge in [0.1, 0.15) is 23.2 Å². The molecule has 0 atom stereocenters. The summed E-state index contributed by atoms with van der Waals surface area (Å²) >= 11 is 0. The van der Waals surface area contributed by atoms with Gasteiger partial charge in [-0.3, -0.25) is 4.79 Å². The highest BCUT2D eigenvalue weighted by Gasteiger charge is 2.45. The molecule has 0 spiro atoms. The lowest BCUT2D eigenvalue weighted by Crippen LogP contribution is -2.26. The predicted molar refractivity (Wildman–Crippen MR) is 160 cm³/mol. The molecule has 2 nitrogen and oxygen atoms in total. The van der Waals surface area contributed by atoms with Crippen LogP contribution in [0.3, 0.4) is 0 Å². The van der Waals surface area contributed by atoms with Crippen molar-refractivity contribution in [3.63, 3.8) is 0 Å². The molecule has 0 fully saturated rings. The first-order valence-electron chi connectivity index (χ1n) is 13.3. The highest BCUT2D eigenvalue weighted by Crippen LogP contribution is 2.64. The zero-order valence-corrected chi connectivity index (χ0v) is 23.5. The molecule has 3 heteroatoms. The van der Waals surface area contributed by atoms with E-state index in [0.29, 0.717) is 6.42 Å². The van der Waals surface area contributed by atoms with Crippen LogP contribution >= 0.6 is 7.26 Å². The lowest BCUT2D eigenvalue weighted by molar-refractivity contribution is -0.137. The molecule has 0 aliphatic rings. The van der Waals surface area contributed by atoms with Crippen LogP contribution in [0.5, 0.6) is 0 Å². The van der Waals surface area contributed by atoms with Gasteiger partial charge in [0.25, 0.3) is 0 Å². The number of rotatable bonds is 15. The van der Waals surface area contributed by atoms with Gasteiger partial charge in [-0.05, 0) is 55.7 Å². The SMILES string of the molecule is C=C/C=C(\C=C)[P+](CCCCCCCCCC(=O)O)(c1ccccc1)c1ccccc1.CC.CC. The van der Waals surface area contributed by atoms with Crippen molar-refractivity contribution in [1.82, 2.24) is 0 Å². The van der Waals surface area contributed by atoms with Crippen LogP contribution in [-0.4, -0.2) is 17.2 Å². The van der Waals surface area contributed by atoms with Gasteiger partial charge in [0, 0.05) is 6.42 Å². The smallest absolute Gasteiger partial charge is 0.303 e. The van der Waals surface area contributed by atoms with E-state index in [1.54, 1.807) is 0 Å². The van der Waals surface area contributed by atoms with Crippen molar-refractivity contribution < 1.29 is 9.90 Å². The molecule has 0 saturated carbocycles. The summed E-state index contributed by atoms with van der Waals surface area (Å²) in [6.07, 6.45) is 15.1. The van der Waals surface area contributed by atoms with Gasteiger partial charge < -0.3 is 5.11 Å². The monoisotopic (exact) mass is 495 g/mol. The fraction of sp³-hybridized carbons (Fsp3) is 0.406. The second-order valence-corrected chi connectivity index (χ2v) is 11.5. The second kappa shape index (κ2) is 20.9. The van der Waals surface area contributed by atoms with Gasteiger partial charge in [0.15, 0.2) is 0 Å². The summed E-state index contributed by atoms with van der Waals surface area (Å²) in [6, 6.07) is 21.8. The number of aliphatic carboxylic acids is 1. The van der Waals surface area contributed by atoms with E-state index in [4.69, 9.17) is 5.11 Å². The molecule has 0 saturated heterocycles. The number of allylic oxidation sites excluding steroid dienone is 4. The molecule has 2 rings (SSSR count). The third-order valence-corrected chi connectivity index (χ3v) is 10.3. The zero-order chi connectivity index (χ0) is 26.4. The second-order valence-electron chi connectivity index (χ2n) is 7.85. The van der Waals surface area contributed by atoms with E-state index in [-0.39, 0.29) is 0 Å². The Balaban J connectivity index is 0.00000274. The van der Waals surface area contributed by atoms with E-state index in [0.717, 1.165) is 31.8 Å². The molecule has 0 bridgehead atoms. The van der Waals surface area contributed by atoms with E-state index >= 15 is 0 Å². The topological polar surface area (TPSA) is 37.3 Å². The molecule has 0 unspecified atom stereocenters. The van der Waals surface area contributed by atoms with E-state index < -0.39 is 13.2 Å². The number of hydrogen-bond acceptors (Lipinski definition) is 1. The van der Waals surface area contributed by atoms with Crippen molar-refractivity contribution in [2.75, 3.05) is 6.16 Å². The number of carboxylic acid groups (broad SMARTS) is 1. The average Bonchev–Trinajstić information content (AvgIpc) is 2.92. The Morgan fingerprint density at radius 1 is 0.743 bits per heavy atom.